The predicted octanol–water partition coefficient (Wildman–Crippen LogP) is 3.95. The number of carbonyl (C=O) groups excluding carboxylic acids is 2. The van der Waals surface area contributed by atoms with Crippen molar-refractivity contribution in [2.24, 2.45) is 11.8 Å². The normalized spacial score (nSPS) is 22.3. The lowest BCUT2D eigenvalue weighted by molar-refractivity contribution is -0.137. The molecular formula is C22H38O5. The summed E-state index contributed by atoms with van der Waals surface area (Å²) in [5.74, 6) is 0.478. The Hall–Kier alpha value is -1.20. The standard InChI is InChI=1S/C22H38O5/c1-3-5-11-20(24)21(25)16-14-17-13-15-19(23)18(17)10-8-6-7-9-12-22(26)27-4-2/h9,12,17-18,20-21,24-25H,3-8,10-11,13-16H2,1-2H3/t17-,18-,20?,21?/m1/s1. The van der Waals surface area contributed by atoms with Crippen LogP contribution in [0.1, 0.15) is 84.5 Å². The first-order valence-corrected chi connectivity index (χ1v) is 10.7. The van der Waals surface area contributed by atoms with E-state index < -0.39 is 12.2 Å². The van der Waals surface area contributed by atoms with Gasteiger partial charge in [0.2, 0.25) is 0 Å². The third-order valence-electron chi connectivity index (χ3n) is 5.55. The number of ether oxygens (including phenoxy) is 1. The van der Waals surface area contributed by atoms with E-state index in [-0.39, 0.29) is 11.9 Å². The fourth-order valence-corrected chi connectivity index (χ4v) is 3.90. The molecule has 1 rings (SSSR count). The molecule has 1 fully saturated rings. The van der Waals surface area contributed by atoms with E-state index in [0.29, 0.717) is 37.6 Å². The molecule has 1 aliphatic carbocycles. The maximum absolute atomic E-state index is 12.2. The maximum atomic E-state index is 12.2. The van der Waals surface area contributed by atoms with Crippen LogP contribution in [0.5, 0.6) is 0 Å². The van der Waals surface area contributed by atoms with Crippen molar-refractivity contribution in [3.63, 3.8) is 0 Å². The number of allylic oxidation sites excluding steroid dienone is 1. The zero-order chi connectivity index (χ0) is 20.1. The van der Waals surface area contributed by atoms with Gasteiger partial charge in [-0.25, -0.2) is 4.79 Å². The molecule has 4 atom stereocenters. The number of carbonyl (C=O) groups is 2. The van der Waals surface area contributed by atoms with Crippen molar-refractivity contribution in [1.29, 1.82) is 0 Å². The molecule has 5 nitrogen and oxygen atoms in total. The minimum atomic E-state index is -0.680. The lowest BCUT2D eigenvalue weighted by Crippen LogP contribution is -2.27. The molecule has 2 N–H and O–H groups in total. The number of ketones is 1. The predicted molar refractivity (Wildman–Crippen MR) is 106 cm³/mol. The SMILES string of the molecule is CCCCC(O)C(O)CC[C@H]1CCC(=O)[C@@H]1CCCCC=CC(=O)OCC. The van der Waals surface area contributed by atoms with Crippen LogP contribution in [0.15, 0.2) is 12.2 Å². The van der Waals surface area contributed by atoms with E-state index in [1.54, 1.807) is 6.92 Å². The van der Waals surface area contributed by atoms with Gasteiger partial charge in [0, 0.05) is 18.4 Å². The summed E-state index contributed by atoms with van der Waals surface area (Å²) >= 11 is 0. The molecule has 0 radical (unpaired) electrons. The van der Waals surface area contributed by atoms with Gasteiger partial charge in [-0.05, 0) is 57.8 Å². The van der Waals surface area contributed by atoms with Gasteiger partial charge in [-0.3, -0.25) is 4.79 Å². The van der Waals surface area contributed by atoms with Gasteiger partial charge in [-0.15, -0.1) is 0 Å². The summed E-state index contributed by atoms with van der Waals surface area (Å²) in [7, 11) is 0. The van der Waals surface area contributed by atoms with Crippen LogP contribution in [-0.4, -0.2) is 40.8 Å². The molecule has 0 aromatic heterocycles. The van der Waals surface area contributed by atoms with Crippen molar-refractivity contribution in [3.8, 4) is 0 Å². The van der Waals surface area contributed by atoms with Crippen LogP contribution in [0.25, 0.3) is 0 Å². The Morgan fingerprint density at radius 2 is 1.89 bits per heavy atom. The van der Waals surface area contributed by atoms with Crippen molar-refractivity contribution in [2.75, 3.05) is 6.61 Å². The van der Waals surface area contributed by atoms with Crippen LogP contribution in [0, 0.1) is 11.8 Å². The van der Waals surface area contributed by atoms with Gasteiger partial charge in [-0.1, -0.05) is 32.3 Å². The Kier molecular flexibility index (Phi) is 12.3. The molecule has 0 amide bonds. The molecule has 0 aromatic carbocycles. The summed E-state index contributed by atoms with van der Waals surface area (Å²) in [5, 5.41) is 20.1. The Bertz CT molecular complexity index is 460. The first-order valence-electron chi connectivity index (χ1n) is 10.7. The highest BCUT2D eigenvalue weighted by Gasteiger charge is 2.34. The van der Waals surface area contributed by atoms with E-state index in [1.165, 1.54) is 6.08 Å². The summed E-state index contributed by atoms with van der Waals surface area (Å²) in [6.45, 7) is 4.24. The highest BCUT2D eigenvalue weighted by Crippen LogP contribution is 2.36. The molecule has 0 heterocycles. The topological polar surface area (TPSA) is 83.8 Å². The van der Waals surface area contributed by atoms with E-state index in [4.69, 9.17) is 4.74 Å². The van der Waals surface area contributed by atoms with Crippen molar-refractivity contribution in [1.82, 2.24) is 0 Å². The van der Waals surface area contributed by atoms with E-state index in [2.05, 4.69) is 6.92 Å². The Morgan fingerprint density at radius 1 is 1.15 bits per heavy atom. The van der Waals surface area contributed by atoms with Crippen molar-refractivity contribution >= 4 is 11.8 Å². The van der Waals surface area contributed by atoms with E-state index in [1.807, 2.05) is 6.08 Å². The van der Waals surface area contributed by atoms with Crippen LogP contribution < -0.4 is 0 Å². The summed E-state index contributed by atoms with van der Waals surface area (Å²) in [4.78, 5) is 23.4. The second-order valence-electron chi connectivity index (χ2n) is 7.66. The fraction of sp³-hybridized carbons (Fsp3) is 0.818. The molecule has 2 unspecified atom stereocenters. The first-order chi connectivity index (χ1) is 13.0. The quantitative estimate of drug-likeness (QED) is 0.270. The van der Waals surface area contributed by atoms with Gasteiger partial charge in [0.25, 0.3) is 0 Å². The van der Waals surface area contributed by atoms with Gasteiger partial charge < -0.3 is 14.9 Å². The Morgan fingerprint density at radius 3 is 2.59 bits per heavy atom. The number of hydrogen-bond acceptors (Lipinski definition) is 5. The minimum absolute atomic E-state index is 0.0963. The van der Waals surface area contributed by atoms with Gasteiger partial charge in [0.15, 0.2) is 0 Å². The number of unbranched alkanes of at least 4 members (excludes halogenated alkanes) is 3. The zero-order valence-electron chi connectivity index (χ0n) is 17.1. The summed E-state index contributed by atoms with van der Waals surface area (Å²) in [6.07, 6.45) is 11.1. The average Bonchev–Trinajstić information content (AvgIpc) is 3.00. The smallest absolute Gasteiger partial charge is 0.330 e. The third kappa shape index (κ3) is 9.52. The van der Waals surface area contributed by atoms with Crippen LogP contribution in [0.3, 0.4) is 0 Å². The Balaban J connectivity index is 2.28. The molecular weight excluding hydrogens is 344 g/mol. The third-order valence-corrected chi connectivity index (χ3v) is 5.55. The van der Waals surface area contributed by atoms with E-state index in [9.17, 15) is 19.8 Å². The Labute approximate surface area is 164 Å². The molecule has 0 aliphatic heterocycles. The number of Topliss-reactive ketones (excluding diaryl/α,β-unsaturated/α-hetero) is 1. The first kappa shape index (κ1) is 23.8. The van der Waals surface area contributed by atoms with Crippen LogP contribution >= 0.6 is 0 Å². The largest absolute Gasteiger partial charge is 0.463 e. The average molecular weight is 383 g/mol. The lowest BCUT2D eigenvalue weighted by atomic mass is 9.85. The van der Waals surface area contributed by atoms with Crippen molar-refractivity contribution < 1.29 is 24.5 Å². The monoisotopic (exact) mass is 382 g/mol. The molecule has 1 aliphatic rings. The van der Waals surface area contributed by atoms with E-state index in [0.717, 1.165) is 51.4 Å². The van der Waals surface area contributed by atoms with Crippen LogP contribution in [-0.2, 0) is 14.3 Å². The number of aliphatic hydroxyl groups is 2. The second-order valence-corrected chi connectivity index (χ2v) is 7.66. The summed E-state index contributed by atoms with van der Waals surface area (Å²) in [5.41, 5.74) is 0. The van der Waals surface area contributed by atoms with E-state index >= 15 is 0 Å². The van der Waals surface area contributed by atoms with Crippen molar-refractivity contribution in [2.45, 2.75) is 96.7 Å². The number of hydrogen-bond donors (Lipinski definition) is 2. The fourth-order valence-electron chi connectivity index (χ4n) is 3.90. The molecule has 156 valence electrons. The van der Waals surface area contributed by atoms with Gasteiger partial charge in [-0.2, -0.15) is 0 Å². The minimum Gasteiger partial charge on any atom is -0.463 e. The molecule has 0 saturated heterocycles. The highest BCUT2D eigenvalue weighted by atomic mass is 16.5. The number of esters is 1. The van der Waals surface area contributed by atoms with Crippen LogP contribution in [0.4, 0.5) is 0 Å². The zero-order valence-corrected chi connectivity index (χ0v) is 17.1. The maximum Gasteiger partial charge on any atom is 0.330 e. The summed E-state index contributed by atoms with van der Waals surface area (Å²) in [6, 6.07) is 0. The summed E-state index contributed by atoms with van der Waals surface area (Å²) < 4.78 is 4.83. The van der Waals surface area contributed by atoms with Gasteiger partial charge in [0.05, 0.1) is 18.8 Å². The lowest BCUT2D eigenvalue weighted by Gasteiger charge is -2.22. The molecule has 5 heteroatoms. The van der Waals surface area contributed by atoms with Gasteiger partial charge >= 0.3 is 5.97 Å². The number of rotatable bonds is 14. The number of aliphatic hydroxyl groups excluding tert-OH is 2. The molecule has 27 heavy (non-hydrogen) atoms. The van der Waals surface area contributed by atoms with Crippen LogP contribution in [0.2, 0.25) is 0 Å². The van der Waals surface area contributed by atoms with Gasteiger partial charge in [0.1, 0.15) is 5.78 Å². The second kappa shape index (κ2) is 13.9. The van der Waals surface area contributed by atoms with Crippen molar-refractivity contribution in [3.05, 3.63) is 12.2 Å². The highest BCUT2D eigenvalue weighted by molar-refractivity contribution is 5.83. The molecule has 1 saturated carbocycles. The molecule has 0 aromatic rings. The molecule has 0 spiro atoms. The molecule has 0 bridgehead atoms.